The smallest absolute Gasteiger partial charge is 0.230 e. The summed E-state index contributed by atoms with van der Waals surface area (Å²) in [5.41, 5.74) is 1.68. The highest BCUT2D eigenvalue weighted by molar-refractivity contribution is 7.92. The molecule has 29 heavy (non-hydrogen) atoms. The van der Waals surface area contributed by atoms with Crippen LogP contribution < -0.4 is 10.2 Å². The normalized spacial score (nSPS) is 17.1. The zero-order valence-electron chi connectivity index (χ0n) is 16.3. The molecule has 8 heteroatoms. The van der Waals surface area contributed by atoms with Crippen LogP contribution in [0.3, 0.4) is 0 Å². The van der Waals surface area contributed by atoms with Crippen LogP contribution in [0.1, 0.15) is 37.5 Å². The van der Waals surface area contributed by atoms with Crippen molar-refractivity contribution in [2.24, 2.45) is 5.92 Å². The van der Waals surface area contributed by atoms with E-state index in [2.05, 4.69) is 5.32 Å². The number of rotatable bonds is 7. The first kappa shape index (κ1) is 19.7. The van der Waals surface area contributed by atoms with Crippen LogP contribution in [0.15, 0.2) is 45.9 Å². The molecule has 0 bridgehead atoms. The van der Waals surface area contributed by atoms with Crippen molar-refractivity contribution < 1.29 is 22.4 Å². The molecule has 1 aromatic carbocycles. The lowest BCUT2D eigenvalue weighted by Gasteiger charge is -2.18. The van der Waals surface area contributed by atoms with Crippen LogP contribution in [0.4, 0.5) is 5.69 Å². The van der Waals surface area contributed by atoms with Gasteiger partial charge < -0.3 is 14.6 Å². The molecule has 2 aromatic rings. The number of benzene rings is 1. The van der Waals surface area contributed by atoms with Crippen molar-refractivity contribution in [3.63, 3.8) is 0 Å². The van der Waals surface area contributed by atoms with Crippen molar-refractivity contribution in [1.29, 1.82) is 0 Å². The largest absolute Gasteiger partial charge is 0.467 e. The number of hydrogen-bond donors (Lipinski definition) is 1. The van der Waals surface area contributed by atoms with Gasteiger partial charge in [-0.25, -0.2) is 8.42 Å². The van der Waals surface area contributed by atoms with Crippen LogP contribution in [0.5, 0.6) is 0 Å². The number of anilines is 1. The molecule has 1 atom stereocenters. The fourth-order valence-electron chi connectivity index (χ4n) is 3.61. The molecule has 1 aromatic heterocycles. The van der Waals surface area contributed by atoms with E-state index in [1.165, 1.54) is 13.2 Å². The topological polar surface area (TPSA) is 96.7 Å². The molecule has 2 aliphatic rings. The van der Waals surface area contributed by atoms with Crippen LogP contribution in [0.25, 0.3) is 0 Å². The van der Waals surface area contributed by atoms with E-state index in [1.54, 1.807) is 35.2 Å². The third-order valence-electron chi connectivity index (χ3n) is 5.51. The summed E-state index contributed by atoms with van der Waals surface area (Å²) in [5.74, 6) is 0.530. The average Bonchev–Trinajstić information content (AvgIpc) is 3.25. The van der Waals surface area contributed by atoms with E-state index in [1.807, 2.05) is 0 Å². The zero-order chi connectivity index (χ0) is 20.6. The number of hydrogen-bond acceptors (Lipinski definition) is 5. The number of carbonyl (C=O) groups is 2. The number of nitrogens with zero attached hydrogens (tertiary/aromatic N) is 1. The predicted octanol–water partition coefficient (Wildman–Crippen LogP) is 2.45. The molecule has 0 saturated heterocycles. The maximum Gasteiger partial charge on any atom is 0.230 e. The average molecular weight is 416 g/mol. The minimum atomic E-state index is -3.66. The minimum absolute atomic E-state index is 0.129. The predicted molar refractivity (Wildman–Crippen MR) is 107 cm³/mol. The fraction of sp³-hybridized carbons (Fsp3) is 0.429. The fourth-order valence-corrected chi connectivity index (χ4v) is 5.01. The molecule has 1 saturated carbocycles. The Morgan fingerprint density at radius 1 is 1.28 bits per heavy atom. The molecule has 2 amide bonds. The van der Waals surface area contributed by atoms with Gasteiger partial charge in [-0.1, -0.05) is 0 Å². The Morgan fingerprint density at radius 2 is 2.07 bits per heavy atom. The number of sulfone groups is 1. The Labute approximate surface area is 170 Å². The van der Waals surface area contributed by atoms with Gasteiger partial charge in [-0.2, -0.15) is 0 Å². The lowest BCUT2D eigenvalue weighted by molar-refractivity contribution is -0.121. The van der Waals surface area contributed by atoms with E-state index < -0.39 is 15.1 Å². The lowest BCUT2D eigenvalue weighted by Crippen LogP contribution is -2.30. The summed E-state index contributed by atoms with van der Waals surface area (Å²) in [5, 5.41) is 1.82. The lowest BCUT2D eigenvalue weighted by atomic mass is 10.2. The van der Waals surface area contributed by atoms with Crippen LogP contribution >= 0.6 is 0 Å². The van der Waals surface area contributed by atoms with Gasteiger partial charge >= 0.3 is 0 Å². The third-order valence-corrected chi connectivity index (χ3v) is 7.65. The molecular weight excluding hydrogens is 392 g/mol. The highest BCUT2D eigenvalue weighted by Gasteiger charge is 2.37. The molecule has 2 heterocycles. The quantitative estimate of drug-likeness (QED) is 0.748. The monoisotopic (exact) mass is 416 g/mol. The van der Waals surface area contributed by atoms with Gasteiger partial charge in [0.05, 0.1) is 23.0 Å². The summed E-state index contributed by atoms with van der Waals surface area (Å²) in [6.07, 6.45) is 3.91. The van der Waals surface area contributed by atoms with Crippen LogP contribution in [0, 0.1) is 5.92 Å². The summed E-state index contributed by atoms with van der Waals surface area (Å²) in [7, 11) is -3.66. The van der Waals surface area contributed by atoms with Crippen LogP contribution in [0.2, 0.25) is 0 Å². The molecule has 1 aliphatic heterocycles. The van der Waals surface area contributed by atoms with E-state index in [-0.39, 0.29) is 35.6 Å². The van der Waals surface area contributed by atoms with E-state index in [4.69, 9.17) is 4.42 Å². The number of furan rings is 1. The van der Waals surface area contributed by atoms with E-state index >= 15 is 0 Å². The Morgan fingerprint density at radius 3 is 2.76 bits per heavy atom. The molecule has 0 radical (unpaired) electrons. The second-order valence-corrected chi connectivity index (χ2v) is 10.1. The molecule has 154 valence electrons. The second-order valence-electron chi connectivity index (χ2n) is 7.72. The molecule has 7 nitrogen and oxygen atoms in total. The van der Waals surface area contributed by atoms with E-state index in [0.29, 0.717) is 18.7 Å². The van der Waals surface area contributed by atoms with Crippen LogP contribution in [-0.2, 0) is 32.4 Å². The SMILES string of the molecule is C[C@@H](CC(=O)NCc1ccco1)S(=O)(=O)c1ccc2c(c1)CCN2C(=O)C1CC1. The summed E-state index contributed by atoms with van der Waals surface area (Å²) >= 11 is 0. The maximum absolute atomic E-state index is 13.0. The van der Waals surface area contributed by atoms with Crippen molar-refractivity contribution in [1.82, 2.24) is 5.32 Å². The summed E-state index contributed by atoms with van der Waals surface area (Å²) in [6, 6.07) is 8.38. The van der Waals surface area contributed by atoms with E-state index in [0.717, 1.165) is 24.1 Å². The Hall–Kier alpha value is -2.61. The Bertz CT molecular complexity index is 1030. The van der Waals surface area contributed by atoms with Gasteiger partial charge in [-0.3, -0.25) is 9.59 Å². The second kappa shape index (κ2) is 7.67. The number of fused-ring (bicyclic) bond motifs is 1. The van der Waals surface area contributed by atoms with Gasteiger partial charge in [-0.05, 0) is 62.1 Å². The molecule has 0 unspecified atom stereocenters. The first-order chi connectivity index (χ1) is 13.9. The third kappa shape index (κ3) is 4.07. The molecule has 1 aliphatic carbocycles. The first-order valence-electron chi connectivity index (χ1n) is 9.83. The Balaban J connectivity index is 1.43. The number of carbonyl (C=O) groups excluding carboxylic acids is 2. The zero-order valence-corrected chi connectivity index (χ0v) is 17.1. The van der Waals surface area contributed by atoms with Crippen molar-refractivity contribution in [3.8, 4) is 0 Å². The molecule has 1 fully saturated rings. The van der Waals surface area contributed by atoms with E-state index in [9.17, 15) is 18.0 Å². The minimum Gasteiger partial charge on any atom is -0.467 e. The van der Waals surface area contributed by atoms with Crippen LogP contribution in [-0.4, -0.2) is 32.0 Å². The Kier molecular flexibility index (Phi) is 5.21. The van der Waals surface area contributed by atoms with Crippen molar-refractivity contribution in [2.45, 2.75) is 49.3 Å². The molecule has 0 spiro atoms. The van der Waals surface area contributed by atoms with Crippen molar-refractivity contribution >= 4 is 27.3 Å². The van der Waals surface area contributed by atoms with Crippen molar-refractivity contribution in [2.75, 3.05) is 11.4 Å². The van der Waals surface area contributed by atoms with Gasteiger partial charge in [0.2, 0.25) is 11.8 Å². The highest BCUT2D eigenvalue weighted by atomic mass is 32.2. The molecule has 1 N–H and O–H groups in total. The maximum atomic E-state index is 13.0. The van der Waals surface area contributed by atoms with Gasteiger partial charge in [0, 0.05) is 24.6 Å². The molecule has 4 rings (SSSR count). The molecular formula is C21H24N2O5S. The van der Waals surface area contributed by atoms with Gasteiger partial charge in [0.15, 0.2) is 9.84 Å². The van der Waals surface area contributed by atoms with Crippen molar-refractivity contribution in [3.05, 3.63) is 47.9 Å². The first-order valence-corrected chi connectivity index (χ1v) is 11.4. The number of nitrogens with one attached hydrogen (secondary N) is 1. The number of amides is 2. The van der Waals surface area contributed by atoms with Gasteiger partial charge in [0.25, 0.3) is 0 Å². The standard InChI is InChI=1S/C21H24N2O5S/c1-14(11-20(24)22-13-17-3-2-10-28-17)29(26,27)18-6-7-19-16(12-18)8-9-23(19)21(25)15-4-5-15/h2-3,6-7,10,12,14-15H,4-5,8-9,11,13H2,1H3,(H,22,24)/t14-/m0/s1. The van der Waals surface area contributed by atoms with Gasteiger partial charge in [0.1, 0.15) is 5.76 Å². The van der Waals surface area contributed by atoms with Gasteiger partial charge in [-0.15, -0.1) is 0 Å². The summed E-state index contributed by atoms with van der Waals surface area (Å²) in [4.78, 5) is 26.5. The summed E-state index contributed by atoms with van der Waals surface area (Å²) in [6.45, 7) is 2.36. The highest BCUT2D eigenvalue weighted by Crippen LogP contribution is 2.37. The summed E-state index contributed by atoms with van der Waals surface area (Å²) < 4.78 is 31.1.